The minimum Gasteiger partial charge on any atom is -0.329 e. The molecule has 0 bridgehead atoms. The number of carbonyl (C=O) groups is 1. The van der Waals surface area contributed by atoms with Crippen molar-refractivity contribution in [2.45, 2.75) is 31.8 Å². The van der Waals surface area contributed by atoms with Gasteiger partial charge >= 0.3 is 0 Å². The summed E-state index contributed by atoms with van der Waals surface area (Å²) in [5.41, 5.74) is 3.31. The minimum absolute atomic E-state index is 0.112. The van der Waals surface area contributed by atoms with E-state index in [2.05, 4.69) is 58.1 Å². The van der Waals surface area contributed by atoms with Crippen molar-refractivity contribution in [3.63, 3.8) is 0 Å². The van der Waals surface area contributed by atoms with E-state index < -0.39 is 0 Å². The maximum atomic E-state index is 13.3. The zero-order valence-corrected chi connectivity index (χ0v) is 16.9. The second-order valence-corrected chi connectivity index (χ2v) is 8.22. The molecule has 148 valence electrons. The summed E-state index contributed by atoms with van der Waals surface area (Å²) in [6.45, 7) is 5.95. The summed E-state index contributed by atoms with van der Waals surface area (Å²) in [4.78, 5) is 20.2. The van der Waals surface area contributed by atoms with Gasteiger partial charge in [0, 0.05) is 31.7 Å². The Labute approximate surface area is 168 Å². The number of likely N-dealkylation sites (N-methyl/N-ethyl adjacent to an activating group) is 1. The standard InChI is InChI=1S/C24H31N3O/c1-25-16-17-27(23(19-25)21-8-4-2-5-9-21)24(28)22-12-10-20(11-13-22)18-26-14-6-3-7-15-26/h2,4-5,8-13,23H,3,6-7,14-19H2,1H3. The van der Waals surface area contributed by atoms with E-state index >= 15 is 0 Å². The molecule has 2 fully saturated rings. The second kappa shape index (κ2) is 8.89. The Kier molecular flexibility index (Phi) is 6.08. The largest absolute Gasteiger partial charge is 0.329 e. The number of piperidine rings is 1. The van der Waals surface area contributed by atoms with Crippen LogP contribution >= 0.6 is 0 Å². The lowest BCUT2D eigenvalue weighted by atomic mass is 10.0. The first-order valence-corrected chi connectivity index (χ1v) is 10.6. The molecule has 2 heterocycles. The van der Waals surface area contributed by atoms with Crippen LogP contribution in [0, 0.1) is 0 Å². The Balaban J connectivity index is 1.47. The number of likely N-dealkylation sites (tertiary alicyclic amines) is 1. The fraction of sp³-hybridized carbons (Fsp3) is 0.458. The highest BCUT2D eigenvalue weighted by molar-refractivity contribution is 5.94. The number of hydrogen-bond donors (Lipinski definition) is 0. The predicted octanol–water partition coefficient (Wildman–Crippen LogP) is 3.80. The number of piperazine rings is 1. The maximum absolute atomic E-state index is 13.3. The molecule has 0 spiro atoms. The van der Waals surface area contributed by atoms with Gasteiger partial charge in [0.1, 0.15) is 0 Å². The molecule has 2 saturated heterocycles. The predicted molar refractivity (Wildman–Crippen MR) is 113 cm³/mol. The van der Waals surface area contributed by atoms with Crippen molar-refractivity contribution < 1.29 is 4.79 Å². The van der Waals surface area contributed by atoms with Crippen LogP contribution < -0.4 is 0 Å². The quantitative estimate of drug-likeness (QED) is 0.811. The first-order chi connectivity index (χ1) is 13.7. The molecule has 1 unspecified atom stereocenters. The molecule has 4 nitrogen and oxygen atoms in total. The smallest absolute Gasteiger partial charge is 0.254 e. The van der Waals surface area contributed by atoms with E-state index in [1.165, 1.54) is 43.5 Å². The Hall–Kier alpha value is -2.17. The molecule has 4 rings (SSSR count). The van der Waals surface area contributed by atoms with Crippen LogP contribution in [0.2, 0.25) is 0 Å². The van der Waals surface area contributed by atoms with Crippen LogP contribution in [0.1, 0.15) is 46.8 Å². The summed E-state index contributed by atoms with van der Waals surface area (Å²) < 4.78 is 0. The minimum atomic E-state index is 0.112. The fourth-order valence-corrected chi connectivity index (χ4v) is 4.42. The van der Waals surface area contributed by atoms with Crippen LogP contribution in [0.15, 0.2) is 54.6 Å². The molecule has 2 aromatic carbocycles. The van der Waals surface area contributed by atoms with Crippen molar-refractivity contribution in [2.24, 2.45) is 0 Å². The molecule has 0 aliphatic carbocycles. The summed E-state index contributed by atoms with van der Waals surface area (Å²) in [6, 6.07) is 18.8. The van der Waals surface area contributed by atoms with Gasteiger partial charge in [-0.05, 0) is 56.2 Å². The van der Waals surface area contributed by atoms with Crippen molar-refractivity contribution in [2.75, 3.05) is 39.8 Å². The van der Waals surface area contributed by atoms with Crippen molar-refractivity contribution in [3.8, 4) is 0 Å². The molecule has 1 atom stereocenters. The molecule has 0 saturated carbocycles. The van der Waals surface area contributed by atoms with Crippen LogP contribution in [0.25, 0.3) is 0 Å². The molecule has 1 amide bonds. The number of rotatable bonds is 4. The molecule has 0 N–H and O–H groups in total. The topological polar surface area (TPSA) is 26.8 Å². The molecule has 28 heavy (non-hydrogen) atoms. The maximum Gasteiger partial charge on any atom is 0.254 e. The van der Waals surface area contributed by atoms with E-state index in [1.54, 1.807) is 0 Å². The highest BCUT2D eigenvalue weighted by Crippen LogP contribution is 2.26. The number of nitrogens with zero attached hydrogens (tertiary/aromatic N) is 3. The molecule has 2 aliphatic rings. The summed E-state index contributed by atoms with van der Waals surface area (Å²) >= 11 is 0. The summed E-state index contributed by atoms with van der Waals surface area (Å²) in [5, 5.41) is 0. The average Bonchev–Trinajstić information content (AvgIpc) is 2.75. The first-order valence-electron chi connectivity index (χ1n) is 10.6. The Morgan fingerprint density at radius 1 is 0.893 bits per heavy atom. The van der Waals surface area contributed by atoms with Crippen molar-refractivity contribution >= 4 is 5.91 Å². The molecule has 2 aromatic rings. The van der Waals surface area contributed by atoms with Gasteiger partial charge < -0.3 is 9.80 Å². The number of hydrogen-bond acceptors (Lipinski definition) is 3. The monoisotopic (exact) mass is 377 g/mol. The first kappa shape index (κ1) is 19.2. The van der Waals surface area contributed by atoms with E-state index in [4.69, 9.17) is 0 Å². The van der Waals surface area contributed by atoms with Gasteiger partial charge in [-0.1, -0.05) is 48.9 Å². The van der Waals surface area contributed by atoms with Gasteiger partial charge in [-0.3, -0.25) is 9.69 Å². The van der Waals surface area contributed by atoms with Gasteiger partial charge in [-0.15, -0.1) is 0 Å². The lowest BCUT2D eigenvalue weighted by Crippen LogP contribution is -2.49. The van der Waals surface area contributed by atoms with Crippen LogP contribution in [0.3, 0.4) is 0 Å². The Morgan fingerprint density at radius 3 is 2.32 bits per heavy atom. The Morgan fingerprint density at radius 2 is 1.61 bits per heavy atom. The third-order valence-electron chi connectivity index (χ3n) is 6.08. The lowest BCUT2D eigenvalue weighted by Gasteiger charge is -2.40. The van der Waals surface area contributed by atoms with E-state index in [0.29, 0.717) is 0 Å². The zero-order valence-electron chi connectivity index (χ0n) is 16.9. The van der Waals surface area contributed by atoms with Gasteiger partial charge in [-0.25, -0.2) is 0 Å². The molecule has 2 aliphatic heterocycles. The van der Waals surface area contributed by atoms with Crippen molar-refractivity contribution in [1.29, 1.82) is 0 Å². The Bertz CT molecular complexity index is 768. The third-order valence-corrected chi connectivity index (χ3v) is 6.08. The molecular weight excluding hydrogens is 346 g/mol. The molecule has 0 aromatic heterocycles. The molecular formula is C24H31N3O. The highest BCUT2D eigenvalue weighted by atomic mass is 16.2. The third kappa shape index (κ3) is 4.45. The molecule has 4 heteroatoms. The number of amides is 1. The SMILES string of the molecule is CN1CCN(C(=O)c2ccc(CN3CCCCC3)cc2)C(c2ccccc2)C1. The van der Waals surface area contributed by atoms with E-state index in [0.717, 1.165) is 31.7 Å². The fourth-order valence-electron chi connectivity index (χ4n) is 4.42. The van der Waals surface area contributed by atoms with E-state index in [9.17, 15) is 4.79 Å². The average molecular weight is 378 g/mol. The van der Waals surface area contributed by atoms with Gasteiger partial charge in [0.2, 0.25) is 0 Å². The van der Waals surface area contributed by atoms with Gasteiger partial charge in [0.05, 0.1) is 6.04 Å². The van der Waals surface area contributed by atoms with Crippen LogP contribution in [-0.2, 0) is 6.54 Å². The van der Waals surface area contributed by atoms with Crippen molar-refractivity contribution in [3.05, 3.63) is 71.3 Å². The zero-order chi connectivity index (χ0) is 19.3. The van der Waals surface area contributed by atoms with Crippen LogP contribution in [0.4, 0.5) is 0 Å². The van der Waals surface area contributed by atoms with E-state index in [-0.39, 0.29) is 11.9 Å². The van der Waals surface area contributed by atoms with Gasteiger partial charge in [0.15, 0.2) is 0 Å². The lowest BCUT2D eigenvalue weighted by molar-refractivity contribution is 0.0498. The van der Waals surface area contributed by atoms with Crippen LogP contribution in [-0.4, -0.2) is 60.4 Å². The highest BCUT2D eigenvalue weighted by Gasteiger charge is 2.30. The summed E-state index contributed by atoms with van der Waals surface area (Å²) in [7, 11) is 2.13. The summed E-state index contributed by atoms with van der Waals surface area (Å²) in [5.74, 6) is 0.145. The van der Waals surface area contributed by atoms with Gasteiger partial charge in [-0.2, -0.15) is 0 Å². The van der Waals surface area contributed by atoms with Crippen molar-refractivity contribution in [1.82, 2.24) is 14.7 Å². The molecule has 0 radical (unpaired) electrons. The summed E-state index contributed by atoms with van der Waals surface area (Å²) in [6.07, 6.45) is 3.97. The second-order valence-electron chi connectivity index (χ2n) is 8.22. The normalized spacial score (nSPS) is 21.6. The number of benzene rings is 2. The van der Waals surface area contributed by atoms with Crippen LogP contribution in [0.5, 0.6) is 0 Å². The van der Waals surface area contributed by atoms with E-state index in [1.807, 2.05) is 18.2 Å². The number of carbonyl (C=O) groups excluding carboxylic acids is 1. The van der Waals surface area contributed by atoms with Gasteiger partial charge in [0.25, 0.3) is 5.91 Å².